The maximum absolute atomic E-state index is 11.5. The Morgan fingerprint density at radius 2 is 1.78 bits per heavy atom. The molecule has 0 N–H and O–H groups in total. The molecule has 1 aromatic carbocycles. The summed E-state index contributed by atoms with van der Waals surface area (Å²) in [5, 5.41) is 2.48. The van der Waals surface area contributed by atoms with Gasteiger partial charge in [-0.25, -0.2) is 13.2 Å². The van der Waals surface area contributed by atoms with Crippen LogP contribution in [0.25, 0.3) is 5.57 Å². The van der Waals surface area contributed by atoms with Gasteiger partial charge in [-0.3, -0.25) is 0 Å². The number of esters is 1. The van der Waals surface area contributed by atoms with Gasteiger partial charge in [-0.2, -0.15) is 0 Å². The standard InChI is InChI=1S/C12H9ClO4S/c1-17-12(14)11-7-18(15,16)6-10(11)8-2-4-9(13)5-3-8/h2-7H,1H3. The minimum absolute atomic E-state index is 0.0276. The second-order valence-electron chi connectivity index (χ2n) is 3.65. The third-order valence-corrected chi connectivity index (χ3v) is 3.80. The van der Waals surface area contributed by atoms with Crippen LogP contribution in [0.2, 0.25) is 5.02 Å². The molecule has 1 heterocycles. The molecule has 0 saturated carbocycles. The van der Waals surface area contributed by atoms with Gasteiger partial charge in [0, 0.05) is 16.0 Å². The lowest BCUT2D eigenvalue weighted by atomic mass is 10.0. The largest absolute Gasteiger partial charge is 0.465 e. The van der Waals surface area contributed by atoms with Crippen molar-refractivity contribution in [3.8, 4) is 0 Å². The number of ether oxygens (including phenoxy) is 1. The number of hydrogen-bond donors (Lipinski definition) is 0. The first-order chi connectivity index (χ1) is 8.43. The second-order valence-corrected chi connectivity index (χ2v) is 5.74. The molecule has 0 atom stereocenters. The third-order valence-electron chi connectivity index (χ3n) is 2.41. The smallest absolute Gasteiger partial charge is 0.339 e. The summed E-state index contributed by atoms with van der Waals surface area (Å²) in [7, 11) is -2.31. The molecule has 0 aliphatic carbocycles. The maximum Gasteiger partial charge on any atom is 0.339 e. The zero-order valence-electron chi connectivity index (χ0n) is 9.38. The van der Waals surface area contributed by atoms with E-state index in [0.717, 1.165) is 10.8 Å². The van der Waals surface area contributed by atoms with Gasteiger partial charge in [0.2, 0.25) is 0 Å². The molecule has 18 heavy (non-hydrogen) atoms. The molecule has 1 aromatic rings. The minimum atomic E-state index is -3.52. The molecule has 4 nitrogen and oxygen atoms in total. The van der Waals surface area contributed by atoms with Crippen LogP contribution in [0, 0.1) is 0 Å². The Bertz CT molecular complexity index is 654. The summed E-state index contributed by atoms with van der Waals surface area (Å²) in [4.78, 5) is 11.5. The third kappa shape index (κ3) is 2.47. The molecule has 1 aliphatic heterocycles. The summed E-state index contributed by atoms with van der Waals surface area (Å²) in [6.45, 7) is 0. The normalized spacial score (nSPS) is 17.0. The Hall–Kier alpha value is -1.59. The highest BCUT2D eigenvalue weighted by molar-refractivity contribution is 7.97. The summed E-state index contributed by atoms with van der Waals surface area (Å²) in [6.07, 6.45) is 0. The molecular weight excluding hydrogens is 276 g/mol. The molecule has 2 rings (SSSR count). The van der Waals surface area contributed by atoms with E-state index in [4.69, 9.17) is 11.6 Å². The number of methoxy groups -OCH3 is 1. The van der Waals surface area contributed by atoms with Gasteiger partial charge >= 0.3 is 5.97 Å². The van der Waals surface area contributed by atoms with E-state index in [1.807, 2.05) is 0 Å². The molecule has 0 fully saturated rings. The van der Waals surface area contributed by atoms with Crippen molar-refractivity contribution in [2.45, 2.75) is 0 Å². The maximum atomic E-state index is 11.5. The molecular formula is C12H9ClO4S. The molecule has 0 unspecified atom stereocenters. The first-order valence-electron chi connectivity index (χ1n) is 4.96. The Balaban J connectivity index is 2.53. The van der Waals surface area contributed by atoms with Crippen molar-refractivity contribution in [1.82, 2.24) is 0 Å². The molecule has 0 radical (unpaired) electrons. The van der Waals surface area contributed by atoms with Crippen LogP contribution in [-0.2, 0) is 19.4 Å². The van der Waals surface area contributed by atoms with Crippen molar-refractivity contribution in [3.05, 3.63) is 51.2 Å². The monoisotopic (exact) mass is 284 g/mol. The molecule has 0 bridgehead atoms. The second kappa shape index (κ2) is 4.59. The lowest BCUT2D eigenvalue weighted by Gasteiger charge is -2.05. The van der Waals surface area contributed by atoms with Crippen molar-refractivity contribution in [2.75, 3.05) is 7.11 Å². The topological polar surface area (TPSA) is 60.4 Å². The van der Waals surface area contributed by atoms with E-state index >= 15 is 0 Å². The van der Waals surface area contributed by atoms with E-state index in [1.165, 1.54) is 7.11 Å². The number of benzene rings is 1. The predicted octanol–water partition coefficient (Wildman–Crippen LogP) is 2.17. The van der Waals surface area contributed by atoms with E-state index in [-0.39, 0.29) is 5.57 Å². The highest BCUT2D eigenvalue weighted by Crippen LogP contribution is 2.32. The summed E-state index contributed by atoms with van der Waals surface area (Å²) in [5.74, 6) is -0.683. The van der Waals surface area contributed by atoms with Crippen molar-refractivity contribution in [3.63, 3.8) is 0 Å². The van der Waals surface area contributed by atoms with Gasteiger partial charge < -0.3 is 4.74 Å². The summed E-state index contributed by atoms with van der Waals surface area (Å²) < 4.78 is 27.6. The first-order valence-corrected chi connectivity index (χ1v) is 6.95. The molecule has 1 aliphatic rings. The van der Waals surface area contributed by atoms with E-state index in [1.54, 1.807) is 24.3 Å². The number of sulfone groups is 1. The molecule has 6 heteroatoms. The summed E-state index contributed by atoms with van der Waals surface area (Å²) in [5.41, 5.74) is 0.940. The lowest BCUT2D eigenvalue weighted by Crippen LogP contribution is -2.05. The summed E-state index contributed by atoms with van der Waals surface area (Å²) >= 11 is 5.76. The van der Waals surface area contributed by atoms with Crippen molar-refractivity contribution in [2.24, 2.45) is 0 Å². The van der Waals surface area contributed by atoms with Gasteiger partial charge in [-0.1, -0.05) is 23.7 Å². The van der Waals surface area contributed by atoms with Crippen LogP contribution in [0.5, 0.6) is 0 Å². The van der Waals surface area contributed by atoms with Crippen LogP contribution in [0.3, 0.4) is 0 Å². The van der Waals surface area contributed by atoms with Crippen LogP contribution in [-0.4, -0.2) is 21.5 Å². The van der Waals surface area contributed by atoms with E-state index in [2.05, 4.69) is 4.74 Å². The number of hydrogen-bond acceptors (Lipinski definition) is 4. The van der Waals surface area contributed by atoms with Gasteiger partial charge in [0.15, 0.2) is 9.84 Å². The Labute approximate surface area is 109 Å². The summed E-state index contributed by atoms with van der Waals surface area (Å²) in [6, 6.07) is 6.53. The highest BCUT2D eigenvalue weighted by atomic mass is 35.5. The van der Waals surface area contributed by atoms with E-state index in [9.17, 15) is 13.2 Å². The van der Waals surface area contributed by atoms with Crippen LogP contribution >= 0.6 is 11.6 Å². The van der Waals surface area contributed by atoms with Gasteiger partial charge in [0.05, 0.1) is 18.1 Å². The fourth-order valence-electron chi connectivity index (χ4n) is 1.61. The van der Waals surface area contributed by atoms with Gasteiger partial charge in [0.25, 0.3) is 0 Å². The SMILES string of the molecule is COC(=O)C1=CS(=O)(=O)C=C1c1ccc(Cl)cc1. The van der Waals surface area contributed by atoms with Crippen molar-refractivity contribution in [1.29, 1.82) is 0 Å². The Morgan fingerprint density at radius 3 is 2.33 bits per heavy atom. The average Bonchev–Trinajstić information content (AvgIpc) is 2.65. The Morgan fingerprint density at radius 1 is 1.17 bits per heavy atom. The molecule has 0 aromatic heterocycles. The highest BCUT2D eigenvalue weighted by Gasteiger charge is 2.27. The quantitative estimate of drug-likeness (QED) is 0.781. The molecule has 0 spiro atoms. The van der Waals surface area contributed by atoms with Crippen LogP contribution < -0.4 is 0 Å². The Kier molecular flexibility index (Phi) is 3.28. The lowest BCUT2D eigenvalue weighted by molar-refractivity contribution is -0.135. The van der Waals surface area contributed by atoms with Gasteiger partial charge in [0.1, 0.15) is 0 Å². The number of halogens is 1. The van der Waals surface area contributed by atoms with Crippen molar-refractivity contribution >= 4 is 33.0 Å². The minimum Gasteiger partial charge on any atom is -0.465 e. The number of carbonyl (C=O) groups excluding carboxylic acids is 1. The predicted molar refractivity (Wildman–Crippen MR) is 68.4 cm³/mol. The molecule has 0 amide bonds. The molecule has 0 saturated heterocycles. The van der Waals surface area contributed by atoms with Crippen LogP contribution in [0.1, 0.15) is 5.56 Å². The number of rotatable bonds is 2. The van der Waals surface area contributed by atoms with Gasteiger partial charge in [-0.05, 0) is 17.7 Å². The van der Waals surface area contributed by atoms with Crippen molar-refractivity contribution < 1.29 is 17.9 Å². The van der Waals surface area contributed by atoms with Gasteiger partial charge in [-0.15, -0.1) is 0 Å². The van der Waals surface area contributed by atoms with E-state index < -0.39 is 15.8 Å². The average molecular weight is 285 g/mol. The van der Waals surface area contributed by atoms with Crippen LogP contribution in [0.4, 0.5) is 0 Å². The fourth-order valence-corrected chi connectivity index (χ4v) is 2.95. The number of carbonyl (C=O) groups is 1. The first kappa shape index (κ1) is 12.9. The van der Waals surface area contributed by atoms with Crippen LogP contribution in [0.15, 0.2) is 40.7 Å². The fraction of sp³-hybridized carbons (Fsp3) is 0.0833. The zero-order chi connectivity index (χ0) is 13.3. The zero-order valence-corrected chi connectivity index (χ0v) is 11.0. The van der Waals surface area contributed by atoms with E-state index in [0.29, 0.717) is 16.2 Å². The molecule has 94 valence electrons.